The highest BCUT2D eigenvalue weighted by atomic mass is 16.5. The molecule has 1 heterocycles. The molecule has 1 aromatic heterocycles. The minimum atomic E-state index is -0.416. The van der Waals surface area contributed by atoms with Crippen molar-refractivity contribution in [3.8, 4) is 5.75 Å². The molecule has 2 aromatic carbocycles. The number of carbonyl (C=O) groups is 1. The quantitative estimate of drug-likeness (QED) is 0.654. The van der Waals surface area contributed by atoms with Crippen LogP contribution in [0, 0.1) is 0 Å². The van der Waals surface area contributed by atoms with E-state index in [1.807, 2.05) is 24.3 Å². The van der Waals surface area contributed by atoms with Crippen LogP contribution < -0.4 is 15.4 Å². The first kappa shape index (κ1) is 17.2. The molecule has 3 aromatic rings. The Morgan fingerprint density at radius 2 is 1.77 bits per heavy atom. The highest BCUT2D eigenvalue weighted by molar-refractivity contribution is 5.90. The standard InChI is InChI=1S/C18H17N5O3/c1-25-15-8-4-7-14(10-15)20-16-11-19-23-18(22-16)21-13-6-3-5-12(9-13)17(24)26-2/h3-11H,1-2H3,(H2,20,21,22,23). The second-order valence-corrected chi connectivity index (χ2v) is 5.22. The van der Waals surface area contributed by atoms with Gasteiger partial charge in [-0.3, -0.25) is 0 Å². The van der Waals surface area contributed by atoms with Crippen LogP contribution in [0.25, 0.3) is 0 Å². The summed E-state index contributed by atoms with van der Waals surface area (Å²) in [4.78, 5) is 16.0. The van der Waals surface area contributed by atoms with Gasteiger partial charge in [-0.05, 0) is 30.3 Å². The van der Waals surface area contributed by atoms with Crippen molar-refractivity contribution in [1.29, 1.82) is 0 Å². The van der Waals surface area contributed by atoms with Gasteiger partial charge in [-0.2, -0.15) is 10.1 Å². The average Bonchev–Trinajstić information content (AvgIpc) is 2.68. The van der Waals surface area contributed by atoms with Crippen molar-refractivity contribution in [2.45, 2.75) is 0 Å². The van der Waals surface area contributed by atoms with Gasteiger partial charge in [0.15, 0.2) is 5.82 Å². The molecule has 26 heavy (non-hydrogen) atoms. The maximum Gasteiger partial charge on any atom is 0.337 e. The summed E-state index contributed by atoms with van der Waals surface area (Å²) < 4.78 is 9.91. The van der Waals surface area contributed by atoms with E-state index < -0.39 is 5.97 Å². The van der Waals surface area contributed by atoms with Crippen molar-refractivity contribution >= 4 is 29.1 Å². The number of esters is 1. The monoisotopic (exact) mass is 351 g/mol. The molecular formula is C18H17N5O3. The molecule has 0 saturated carbocycles. The summed E-state index contributed by atoms with van der Waals surface area (Å²) in [7, 11) is 2.94. The molecule has 3 rings (SSSR count). The fraction of sp³-hybridized carbons (Fsp3) is 0.111. The van der Waals surface area contributed by atoms with Crippen molar-refractivity contribution < 1.29 is 14.3 Å². The molecule has 0 aliphatic rings. The van der Waals surface area contributed by atoms with Gasteiger partial charge in [0.1, 0.15) is 5.75 Å². The van der Waals surface area contributed by atoms with Crippen molar-refractivity contribution in [2.75, 3.05) is 24.9 Å². The first-order valence-corrected chi connectivity index (χ1v) is 7.74. The van der Waals surface area contributed by atoms with E-state index in [1.54, 1.807) is 31.4 Å². The number of hydrogen-bond donors (Lipinski definition) is 2. The number of carbonyl (C=O) groups excluding carboxylic acids is 1. The summed E-state index contributed by atoms with van der Waals surface area (Å²) in [6.45, 7) is 0. The molecule has 132 valence electrons. The SMILES string of the molecule is COC(=O)c1cccc(Nc2nncc(Nc3cccc(OC)c3)n2)c1. The number of hydrogen-bond acceptors (Lipinski definition) is 8. The number of benzene rings is 2. The Hall–Kier alpha value is -3.68. The molecule has 8 nitrogen and oxygen atoms in total. The first-order valence-electron chi connectivity index (χ1n) is 7.74. The van der Waals surface area contributed by atoms with Crippen molar-refractivity contribution in [3.63, 3.8) is 0 Å². The zero-order valence-electron chi connectivity index (χ0n) is 14.3. The van der Waals surface area contributed by atoms with Crippen LogP contribution in [0.15, 0.2) is 54.7 Å². The Bertz CT molecular complexity index is 917. The lowest BCUT2D eigenvalue weighted by Crippen LogP contribution is -2.04. The molecule has 0 saturated heterocycles. The normalized spacial score (nSPS) is 10.1. The van der Waals surface area contributed by atoms with Gasteiger partial charge in [0, 0.05) is 17.4 Å². The number of aromatic nitrogens is 3. The molecule has 0 aliphatic heterocycles. The minimum Gasteiger partial charge on any atom is -0.497 e. The third-order valence-electron chi connectivity index (χ3n) is 3.44. The molecule has 0 radical (unpaired) electrons. The molecule has 2 N–H and O–H groups in total. The topological polar surface area (TPSA) is 98.3 Å². The Labute approximate surface area is 150 Å². The van der Waals surface area contributed by atoms with Crippen LogP contribution in [0.3, 0.4) is 0 Å². The van der Waals surface area contributed by atoms with E-state index >= 15 is 0 Å². The second-order valence-electron chi connectivity index (χ2n) is 5.22. The van der Waals surface area contributed by atoms with E-state index in [4.69, 9.17) is 9.47 Å². The van der Waals surface area contributed by atoms with Crippen LogP contribution in [0.2, 0.25) is 0 Å². The van der Waals surface area contributed by atoms with Crippen LogP contribution in [0.5, 0.6) is 5.75 Å². The van der Waals surface area contributed by atoms with Gasteiger partial charge in [-0.25, -0.2) is 4.79 Å². The Morgan fingerprint density at radius 3 is 2.54 bits per heavy atom. The number of anilines is 4. The van der Waals surface area contributed by atoms with Gasteiger partial charge < -0.3 is 20.1 Å². The Morgan fingerprint density at radius 1 is 1.00 bits per heavy atom. The van der Waals surface area contributed by atoms with Crippen LogP contribution in [0.4, 0.5) is 23.1 Å². The highest BCUT2D eigenvalue weighted by Crippen LogP contribution is 2.21. The zero-order chi connectivity index (χ0) is 18.4. The molecule has 0 spiro atoms. The van der Waals surface area contributed by atoms with Gasteiger partial charge in [-0.15, -0.1) is 5.10 Å². The summed E-state index contributed by atoms with van der Waals surface area (Å²) in [5, 5.41) is 14.0. The van der Waals surface area contributed by atoms with Gasteiger partial charge >= 0.3 is 5.97 Å². The lowest BCUT2D eigenvalue weighted by molar-refractivity contribution is 0.0601. The molecule has 0 aliphatic carbocycles. The fourth-order valence-corrected chi connectivity index (χ4v) is 2.24. The summed E-state index contributed by atoms with van der Waals surface area (Å²) in [6, 6.07) is 14.3. The van der Waals surface area contributed by atoms with E-state index in [-0.39, 0.29) is 0 Å². The summed E-state index contributed by atoms with van der Waals surface area (Å²) in [6.07, 6.45) is 1.51. The lowest BCUT2D eigenvalue weighted by Gasteiger charge is -2.09. The summed E-state index contributed by atoms with van der Waals surface area (Å²) >= 11 is 0. The van der Waals surface area contributed by atoms with Crippen LogP contribution >= 0.6 is 0 Å². The van der Waals surface area contributed by atoms with E-state index in [0.29, 0.717) is 23.0 Å². The van der Waals surface area contributed by atoms with Crippen LogP contribution in [-0.2, 0) is 4.74 Å². The smallest absolute Gasteiger partial charge is 0.337 e. The highest BCUT2D eigenvalue weighted by Gasteiger charge is 2.07. The molecule has 0 atom stereocenters. The Balaban J connectivity index is 1.76. The van der Waals surface area contributed by atoms with E-state index in [2.05, 4.69) is 25.8 Å². The van der Waals surface area contributed by atoms with Gasteiger partial charge in [0.25, 0.3) is 0 Å². The van der Waals surface area contributed by atoms with E-state index in [9.17, 15) is 4.79 Å². The second kappa shape index (κ2) is 7.93. The summed E-state index contributed by atoms with van der Waals surface area (Å²) in [5.74, 6) is 1.12. The van der Waals surface area contributed by atoms with E-state index in [0.717, 1.165) is 11.4 Å². The molecular weight excluding hydrogens is 334 g/mol. The predicted molar refractivity (Wildman–Crippen MR) is 97.2 cm³/mol. The van der Waals surface area contributed by atoms with Gasteiger partial charge in [0.2, 0.25) is 5.95 Å². The van der Waals surface area contributed by atoms with Crippen LogP contribution in [0.1, 0.15) is 10.4 Å². The maximum atomic E-state index is 11.6. The van der Waals surface area contributed by atoms with Crippen molar-refractivity contribution in [3.05, 3.63) is 60.3 Å². The zero-order valence-corrected chi connectivity index (χ0v) is 14.3. The minimum absolute atomic E-state index is 0.292. The number of nitrogens with one attached hydrogen (secondary N) is 2. The van der Waals surface area contributed by atoms with Gasteiger partial charge in [-0.1, -0.05) is 12.1 Å². The maximum absolute atomic E-state index is 11.6. The van der Waals surface area contributed by atoms with Crippen molar-refractivity contribution in [1.82, 2.24) is 15.2 Å². The Kier molecular flexibility index (Phi) is 5.23. The van der Waals surface area contributed by atoms with E-state index in [1.165, 1.54) is 13.3 Å². The van der Waals surface area contributed by atoms with Gasteiger partial charge in [0.05, 0.1) is 26.0 Å². The number of rotatable bonds is 6. The average molecular weight is 351 g/mol. The largest absolute Gasteiger partial charge is 0.497 e. The lowest BCUT2D eigenvalue weighted by atomic mass is 10.2. The first-order chi connectivity index (χ1) is 12.7. The third-order valence-corrected chi connectivity index (χ3v) is 3.44. The predicted octanol–water partition coefficient (Wildman–Crippen LogP) is 3.15. The summed E-state index contributed by atoms with van der Waals surface area (Å²) in [5.41, 5.74) is 1.88. The number of ether oxygens (including phenoxy) is 2. The molecule has 0 fully saturated rings. The van der Waals surface area contributed by atoms with Crippen LogP contribution in [-0.4, -0.2) is 35.4 Å². The molecule has 0 bridgehead atoms. The number of methoxy groups -OCH3 is 2. The molecule has 0 amide bonds. The number of nitrogens with zero attached hydrogens (tertiary/aromatic N) is 3. The molecule has 8 heteroatoms. The molecule has 0 unspecified atom stereocenters. The fourth-order valence-electron chi connectivity index (χ4n) is 2.24. The van der Waals surface area contributed by atoms with Crippen molar-refractivity contribution in [2.24, 2.45) is 0 Å². The third kappa shape index (κ3) is 4.23.